The smallest absolute Gasteiger partial charge is 0.290 e. The zero-order chi connectivity index (χ0) is 16.0. The second-order valence-corrected chi connectivity index (χ2v) is 6.61. The van der Waals surface area contributed by atoms with Gasteiger partial charge in [-0.25, -0.2) is 4.99 Å². The van der Waals surface area contributed by atoms with Gasteiger partial charge in [-0.15, -0.1) is 0 Å². The van der Waals surface area contributed by atoms with Crippen molar-refractivity contribution in [1.82, 2.24) is 4.90 Å². The Morgan fingerprint density at radius 1 is 1.35 bits per heavy atom. The van der Waals surface area contributed by atoms with Crippen molar-refractivity contribution in [2.24, 2.45) is 15.4 Å². The lowest BCUT2D eigenvalue weighted by molar-refractivity contribution is -0.114. The summed E-state index contributed by atoms with van der Waals surface area (Å²) in [5.41, 5.74) is 2.72. The second kappa shape index (κ2) is 5.14. The van der Waals surface area contributed by atoms with Crippen molar-refractivity contribution in [2.45, 2.75) is 31.9 Å². The van der Waals surface area contributed by atoms with Crippen LogP contribution in [-0.4, -0.2) is 49.2 Å². The monoisotopic (exact) mass is 310 g/mol. The lowest BCUT2D eigenvalue weighted by atomic mass is 9.90. The van der Waals surface area contributed by atoms with Gasteiger partial charge in [-0.05, 0) is 37.2 Å². The van der Waals surface area contributed by atoms with E-state index in [-0.39, 0.29) is 5.57 Å². The summed E-state index contributed by atoms with van der Waals surface area (Å²) < 4.78 is 5.28. The van der Waals surface area contributed by atoms with E-state index in [0.717, 1.165) is 31.5 Å². The summed E-state index contributed by atoms with van der Waals surface area (Å²) in [6.07, 6.45) is 7.92. The fraction of sp³-hybridized carbons (Fsp3) is 0.529. The maximum absolute atomic E-state index is 12.2. The molecule has 1 atom stereocenters. The first kappa shape index (κ1) is 14.3. The number of carbonyl (C=O) groups excluding carboxylic acids is 1. The van der Waals surface area contributed by atoms with E-state index in [4.69, 9.17) is 4.74 Å². The molecule has 1 amide bonds. The summed E-state index contributed by atoms with van der Waals surface area (Å²) in [5.74, 6) is -0.469. The van der Waals surface area contributed by atoms with Crippen LogP contribution in [0.2, 0.25) is 0 Å². The van der Waals surface area contributed by atoms with E-state index in [1.165, 1.54) is 12.8 Å². The van der Waals surface area contributed by atoms with Gasteiger partial charge in [-0.3, -0.25) is 9.79 Å². The number of likely N-dealkylation sites (tertiary alicyclic amines) is 1. The average molecular weight is 310 g/mol. The minimum atomic E-state index is -0.469. The molecule has 0 bridgehead atoms. The number of hydrogen-bond donors (Lipinski definition) is 0. The molecular weight excluding hydrogens is 292 g/mol. The van der Waals surface area contributed by atoms with E-state index < -0.39 is 12.1 Å². The van der Waals surface area contributed by atoms with Crippen LogP contribution < -0.4 is 0 Å². The van der Waals surface area contributed by atoms with Crippen LogP contribution in [-0.2, 0) is 9.53 Å². The van der Waals surface area contributed by atoms with Crippen LogP contribution in [0.25, 0.3) is 0 Å². The molecule has 3 aliphatic heterocycles. The van der Waals surface area contributed by atoms with Crippen LogP contribution in [0.15, 0.2) is 32.9 Å². The minimum absolute atomic E-state index is 0.136. The third-order valence-corrected chi connectivity index (χ3v) is 5.31. The van der Waals surface area contributed by atoms with E-state index in [1.54, 1.807) is 13.3 Å². The van der Waals surface area contributed by atoms with Crippen LogP contribution in [0.1, 0.15) is 25.7 Å². The van der Waals surface area contributed by atoms with Gasteiger partial charge in [0.1, 0.15) is 11.6 Å². The molecule has 23 heavy (non-hydrogen) atoms. The van der Waals surface area contributed by atoms with E-state index in [2.05, 4.69) is 21.0 Å². The molecule has 4 aliphatic rings. The normalized spacial score (nSPS) is 28.3. The predicted molar refractivity (Wildman–Crippen MR) is 84.9 cm³/mol. The van der Waals surface area contributed by atoms with Crippen molar-refractivity contribution in [1.29, 1.82) is 5.26 Å². The number of rotatable bonds is 2. The highest BCUT2D eigenvalue weighted by atomic mass is 16.5. The van der Waals surface area contributed by atoms with Crippen LogP contribution in [0.3, 0.4) is 0 Å². The number of carbonyl (C=O) groups is 1. The second-order valence-electron chi connectivity index (χ2n) is 6.61. The van der Waals surface area contributed by atoms with E-state index >= 15 is 0 Å². The molecule has 3 heterocycles. The number of dihydropyridines is 2. The molecule has 6 heteroatoms. The molecule has 1 spiro atoms. The molecule has 1 saturated carbocycles. The maximum Gasteiger partial charge on any atom is 0.290 e. The van der Waals surface area contributed by atoms with Gasteiger partial charge in [0.05, 0.1) is 17.6 Å². The molecule has 0 aromatic heterocycles. The summed E-state index contributed by atoms with van der Waals surface area (Å²) in [5, 5.41) is 9.47. The van der Waals surface area contributed by atoms with Crippen molar-refractivity contribution < 1.29 is 9.53 Å². The molecule has 4 rings (SSSR count). The number of aliphatic imine (C=N–C) groups is 2. The van der Waals surface area contributed by atoms with Crippen molar-refractivity contribution >= 4 is 17.8 Å². The highest BCUT2D eigenvalue weighted by Crippen LogP contribution is 2.54. The number of nitriles is 1. The number of allylic oxidation sites excluding steroid dienone is 1. The molecule has 6 nitrogen and oxygen atoms in total. The number of piperidine rings is 1. The van der Waals surface area contributed by atoms with Crippen molar-refractivity contribution in [2.75, 3.05) is 20.2 Å². The van der Waals surface area contributed by atoms with E-state index in [9.17, 15) is 10.1 Å². The van der Waals surface area contributed by atoms with Crippen molar-refractivity contribution in [3.05, 3.63) is 22.9 Å². The SMILES string of the molecule is COC1C=C2C(=NC(=O)C(C#N)=C2N2CCC3(CC2)CC3)C=N1. The fourth-order valence-corrected chi connectivity index (χ4v) is 3.61. The maximum atomic E-state index is 12.2. The number of methoxy groups -OCH3 is 1. The van der Waals surface area contributed by atoms with E-state index in [1.807, 2.05) is 6.08 Å². The first-order chi connectivity index (χ1) is 11.2. The molecule has 0 radical (unpaired) electrons. The summed E-state index contributed by atoms with van der Waals surface area (Å²) >= 11 is 0. The quantitative estimate of drug-likeness (QED) is 0.776. The van der Waals surface area contributed by atoms with Gasteiger partial charge in [-0.1, -0.05) is 0 Å². The van der Waals surface area contributed by atoms with Crippen LogP contribution in [0.4, 0.5) is 0 Å². The summed E-state index contributed by atoms with van der Waals surface area (Å²) in [6, 6.07) is 2.06. The highest BCUT2D eigenvalue weighted by Gasteiger charge is 2.45. The van der Waals surface area contributed by atoms with Crippen molar-refractivity contribution in [3.8, 4) is 6.07 Å². The van der Waals surface area contributed by atoms with Gasteiger partial charge in [0.25, 0.3) is 5.91 Å². The standard InChI is InChI=1S/C17H18N4O2/c1-23-14-8-11-13(10-19-14)20-16(22)12(9-18)15(11)21-6-4-17(2-3-17)5-7-21/h8,10,14H,2-7H2,1H3. The van der Waals surface area contributed by atoms with Gasteiger partial charge < -0.3 is 9.64 Å². The number of nitrogens with zero attached hydrogens (tertiary/aromatic N) is 4. The zero-order valence-corrected chi connectivity index (χ0v) is 13.1. The molecule has 0 N–H and O–H groups in total. The fourth-order valence-electron chi connectivity index (χ4n) is 3.61. The Hall–Kier alpha value is -2.26. The first-order valence-electron chi connectivity index (χ1n) is 7.97. The van der Waals surface area contributed by atoms with E-state index in [0.29, 0.717) is 16.8 Å². The van der Waals surface area contributed by atoms with Crippen LogP contribution in [0.5, 0.6) is 0 Å². The lowest BCUT2D eigenvalue weighted by Gasteiger charge is -2.38. The Morgan fingerprint density at radius 2 is 2.09 bits per heavy atom. The van der Waals surface area contributed by atoms with Crippen LogP contribution >= 0.6 is 0 Å². The number of ether oxygens (including phenoxy) is 1. The van der Waals surface area contributed by atoms with Gasteiger partial charge in [0.2, 0.25) is 0 Å². The Bertz CT molecular complexity index is 724. The minimum Gasteiger partial charge on any atom is -0.370 e. The number of hydrogen-bond acceptors (Lipinski definition) is 5. The van der Waals surface area contributed by atoms with Gasteiger partial charge >= 0.3 is 0 Å². The van der Waals surface area contributed by atoms with Crippen molar-refractivity contribution in [3.63, 3.8) is 0 Å². The molecule has 2 fully saturated rings. The Balaban J connectivity index is 1.72. The first-order valence-corrected chi connectivity index (χ1v) is 7.97. The molecule has 118 valence electrons. The topological polar surface area (TPSA) is 78.0 Å². The third-order valence-electron chi connectivity index (χ3n) is 5.31. The predicted octanol–water partition coefficient (Wildman–Crippen LogP) is 1.60. The Labute approximate surface area is 134 Å². The summed E-state index contributed by atoms with van der Waals surface area (Å²) in [7, 11) is 1.58. The largest absolute Gasteiger partial charge is 0.370 e. The summed E-state index contributed by atoms with van der Waals surface area (Å²) in [6.45, 7) is 1.76. The molecule has 1 unspecified atom stereocenters. The van der Waals surface area contributed by atoms with Gasteiger partial charge in [0, 0.05) is 25.8 Å². The molecule has 1 saturated heterocycles. The average Bonchev–Trinajstić information content (AvgIpc) is 3.33. The molecule has 0 aromatic carbocycles. The molecule has 0 aromatic rings. The third kappa shape index (κ3) is 2.32. The highest BCUT2D eigenvalue weighted by molar-refractivity contribution is 6.43. The van der Waals surface area contributed by atoms with Crippen LogP contribution in [0, 0.1) is 16.7 Å². The Kier molecular flexibility index (Phi) is 3.20. The van der Waals surface area contributed by atoms with Gasteiger partial charge in [0.15, 0.2) is 6.23 Å². The number of fused-ring (bicyclic) bond motifs is 1. The lowest BCUT2D eigenvalue weighted by Crippen LogP contribution is -2.39. The zero-order valence-electron chi connectivity index (χ0n) is 13.1. The Morgan fingerprint density at radius 3 is 2.70 bits per heavy atom. The number of amides is 1. The molecule has 1 aliphatic carbocycles. The summed E-state index contributed by atoms with van der Waals surface area (Å²) in [4.78, 5) is 22.6. The molecular formula is C17H18N4O2. The van der Waals surface area contributed by atoms with Gasteiger partial charge in [-0.2, -0.15) is 5.26 Å².